The first-order chi connectivity index (χ1) is 6.97. The highest BCUT2D eigenvalue weighted by Gasteiger charge is 2.46. The molecule has 0 radical (unpaired) electrons. The summed E-state index contributed by atoms with van der Waals surface area (Å²) in [6.07, 6.45) is -0.689. The summed E-state index contributed by atoms with van der Waals surface area (Å²) in [6.45, 7) is 2.59. The van der Waals surface area contributed by atoms with E-state index >= 15 is 0 Å². The Bertz CT molecular complexity index is 256. The van der Waals surface area contributed by atoms with Crippen molar-refractivity contribution in [1.82, 2.24) is 5.01 Å². The molecule has 1 unspecified atom stereocenters. The summed E-state index contributed by atoms with van der Waals surface area (Å²) < 4.78 is 37.6. The normalized spacial score (nSPS) is 35.7. The molecule has 1 saturated carbocycles. The summed E-state index contributed by atoms with van der Waals surface area (Å²) in [7, 11) is 0. The fraction of sp³-hybridized carbons (Fsp3) is 0.900. The Kier molecular flexibility index (Phi) is 2.64. The van der Waals surface area contributed by atoms with Crippen molar-refractivity contribution in [3.05, 3.63) is 0 Å². The van der Waals surface area contributed by atoms with Crippen LogP contribution in [0.15, 0.2) is 5.10 Å². The standard InChI is InChI=1S/C10H15F3N2/c1-7-4-8(5-7)6-15-9(2-3-14-15)10(11,12)13/h3,7-9H,2,4-6H2,1H3. The van der Waals surface area contributed by atoms with Gasteiger partial charge < -0.3 is 0 Å². The summed E-state index contributed by atoms with van der Waals surface area (Å²) in [6, 6.07) is -1.38. The lowest BCUT2D eigenvalue weighted by Crippen LogP contribution is -2.43. The van der Waals surface area contributed by atoms with Crippen molar-refractivity contribution in [2.45, 2.75) is 38.4 Å². The van der Waals surface area contributed by atoms with Crippen molar-refractivity contribution in [2.24, 2.45) is 16.9 Å². The van der Waals surface area contributed by atoms with Gasteiger partial charge in [-0.25, -0.2) is 0 Å². The quantitative estimate of drug-likeness (QED) is 0.698. The molecule has 1 heterocycles. The molecular weight excluding hydrogens is 205 g/mol. The van der Waals surface area contributed by atoms with Crippen LogP contribution in [0.1, 0.15) is 26.2 Å². The van der Waals surface area contributed by atoms with E-state index in [0.717, 1.165) is 12.8 Å². The molecule has 0 bridgehead atoms. The van der Waals surface area contributed by atoms with Gasteiger partial charge in [0.15, 0.2) is 0 Å². The monoisotopic (exact) mass is 220 g/mol. The molecule has 0 amide bonds. The highest BCUT2D eigenvalue weighted by atomic mass is 19.4. The van der Waals surface area contributed by atoms with Crippen LogP contribution >= 0.6 is 0 Å². The van der Waals surface area contributed by atoms with Gasteiger partial charge in [-0.2, -0.15) is 18.3 Å². The molecule has 0 saturated heterocycles. The van der Waals surface area contributed by atoms with Crippen LogP contribution in [-0.2, 0) is 0 Å². The second-order valence-electron chi connectivity index (χ2n) is 4.66. The molecule has 2 rings (SSSR count). The van der Waals surface area contributed by atoms with Gasteiger partial charge in [-0.1, -0.05) is 6.92 Å². The minimum Gasteiger partial charge on any atom is -0.284 e. The van der Waals surface area contributed by atoms with Crippen LogP contribution in [0.2, 0.25) is 0 Å². The second kappa shape index (κ2) is 3.68. The molecule has 5 heteroatoms. The molecule has 2 aliphatic rings. The second-order valence-corrected chi connectivity index (χ2v) is 4.66. The lowest BCUT2D eigenvalue weighted by atomic mass is 9.76. The van der Waals surface area contributed by atoms with E-state index in [4.69, 9.17) is 0 Å². The number of nitrogens with zero attached hydrogens (tertiary/aromatic N) is 2. The third-order valence-electron chi connectivity index (χ3n) is 3.21. The Morgan fingerprint density at radius 3 is 2.60 bits per heavy atom. The topological polar surface area (TPSA) is 15.6 Å². The van der Waals surface area contributed by atoms with E-state index in [0.29, 0.717) is 18.4 Å². The van der Waals surface area contributed by atoms with Crippen molar-refractivity contribution in [1.29, 1.82) is 0 Å². The maximum atomic E-state index is 12.5. The first-order valence-electron chi connectivity index (χ1n) is 5.32. The van der Waals surface area contributed by atoms with Gasteiger partial charge in [-0.15, -0.1) is 0 Å². The van der Waals surface area contributed by atoms with Gasteiger partial charge >= 0.3 is 6.18 Å². The number of hydrogen-bond donors (Lipinski definition) is 0. The molecule has 1 aliphatic heterocycles. The van der Waals surface area contributed by atoms with Crippen molar-refractivity contribution in [3.8, 4) is 0 Å². The minimum absolute atomic E-state index is 0.00573. The van der Waals surface area contributed by atoms with E-state index in [-0.39, 0.29) is 6.42 Å². The fourth-order valence-corrected chi connectivity index (χ4v) is 2.41. The highest BCUT2D eigenvalue weighted by molar-refractivity contribution is 5.60. The zero-order valence-corrected chi connectivity index (χ0v) is 8.67. The van der Waals surface area contributed by atoms with Crippen LogP contribution < -0.4 is 0 Å². The summed E-state index contributed by atoms with van der Waals surface area (Å²) in [4.78, 5) is 0. The summed E-state index contributed by atoms with van der Waals surface area (Å²) in [5.74, 6) is 1.08. The van der Waals surface area contributed by atoms with E-state index in [2.05, 4.69) is 12.0 Å². The van der Waals surface area contributed by atoms with E-state index in [1.54, 1.807) is 0 Å². The maximum absolute atomic E-state index is 12.5. The van der Waals surface area contributed by atoms with Gasteiger partial charge in [0.1, 0.15) is 6.04 Å². The number of halogens is 3. The Morgan fingerprint density at radius 2 is 2.07 bits per heavy atom. The van der Waals surface area contributed by atoms with E-state index < -0.39 is 12.2 Å². The fourth-order valence-electron chi connectivity index (χ4n) is 2.41. The molecule has 0 N–H and O–H groups in total. The van der Waals surface area contributed by atoms with Crippen LogP contribution in [0.4, 0.5) is 13.2 Å². The summed E-state index contributed by atoms with van der Waals surface area (Å²) >= 11 is 0. The Balaban J connectivity index is 1.88. The van der Waals surface area contributed by atoms with E-state index in [1.165, 1.54) is 11.2 Å². The van der Waals surface area contributed by atoms with Gasteiger partial charge in [-0.3, -0.25) is 5.01 Å². The average molecular weight is 220 g/mol. The number of alkyl halides is 3. The first-order valence-corrected chi connectivity index (χ1v) is 5.32. The van der Waals surface area contributed by atoms with E-state index in [9.17, 15) is 13.2 Å². The lowest BCUT2D eigenvalue weighted by Gasteiger charge is -2.37. The predicted octanol–water partition coefficient (Wildman–Crippen LogP) is 2.65. The van der Waals surface area contributed by atoms with Crippen LogP contribution in [0, 0.1) is 11.8 Å². The molecule has 86 valence electrons. The third kappa shape index (κ3) is 2.26. The zero-order valence-electron chi connectivity index (χ0n) is 8.67. The molecule has 1 atom stereocenters. The van der Waals surface area contributed by atoms with Crippen LogP contribution in [-0.4, -0.2) is 30.0 Å². The van der Waals surface area contributed by atoms with Crippen molar-refractivity contribution in [2.75, 3.05) is 6.54 Å². The molecule has 1 aliphatic carbocycles. The van der Waals surface area contributed by atoms with Gasteiger partial charge in [-0.05, 0) is 24.7 Å². The number of rotatable bonds is 2. The van der Waals surface area contributed by atoms with Gasteiger partial charge in [0.25, 0.3) is 0 Å². The highest BCUT2D eigenvalue weighted by Crippen LogP contribution is 2.37. The molecular formula is C10H15F3N2. The molecule has 0 spiro atoms. The van der Waals surface area contributed by atoms with Gasteiger partial charge in [0, 0.05) is 19.2 Å². The average Bonchev–Trinajstić information content (AvgIpc) is 2.48. The lowest BCUT2D eigenvalue weighted by molar-refractivity contribution is -0.180. The summed E-state index contributed by atoms with van der Waals surface area (Å²) in [5.41, 5.74) is 0. The van der Waals surface area contributed by atoms with Crippen molar-refractivity contribution < 1.29 is 13.2 Å². The molecule has 0 aromatic heterocycles. The predicted molar refractivity (Wildman–Crippen MR) is 51.5 cm³/mol. The zero-order chi connectivity index (χ0) is 11.1. The number of hydrogen-bond acceptors (Lipinski definition) is 2. The molecule has 1 fully saturated rings. The largest absolute Gasteiger partial charge is 0.410 e. The van der Waals surface area contributed by atoms with Gasteiger partial charge in [0.05, 0.1) is 0 Å². The number of hydrazone groups is 1. The maximum Gasteiger partial charge on any atom is 0.410 e. The summed E-state index contributed by atoms with van der Waals surface area (Å²) in [5, 5.41) is 5.04. The third-order valence-corrected chi connectivity index (χ3v) is 3.21. The van der Waals surface area contributed by atoms with Crippen LogP contribution in [0.5, 0.6) is 0 Å². The Hall–Kier alpha value is -0.740. The molecule has 15 heavy (non-hydrogen) atoms. The smallest absolute Gasteiger partial charge is 0.284 e. The van der Waals surface area contributed by atoms with Gasteiger partial charge in [0.2, 0.25) is 0 Å². The first kappa shape index (κ1) is 10.8. The Labute approximate surface area is 87.1 Å². The minimum atomic E-state index is -4.15. The van der Waals surface area contributed by atoms with E-state index in [1.807, 2.05) is 0 Å². The SMILES string of the molecule is CC1CC(CN2N=CCC2C(F)(F)F)C1. The van der Waals surface area contributed by atoms with Crippen molar-refractivity contribution >= 4 is 6.21 Å². The van der Waals surface area contributed by atoms with Crippen molar-refractivity contribution in [3.63, 3.8) is 0 Å². The molecule has 2 nitrogen and oxygen atoms in total. The molecule has 0 aromatic rings. The van der Waals surface area contributed by atoms with Crippen LogP contribution in [0.25, 0.3) is 0 Å². The molecule has 0 aromatic carbocycles. The van der Waals surface area contributed by atoms with Crippen LogP contribution in [0.3, 0.4) is 0 Å². The Morgan fingerprint density at radius 1 is 1.40 bits per heavy atom.